The molecular formula is C12H13FO2. The molecular weight excluding hydrogens is 195 g/mol. The average molecular weight is 208 g/mol. The largest absolute Gasteiger partial charge is 0.370 e. The van der Waals surface area contributed by atoms with Gasteiger partial charge in [-0.15, -0.1) is 0 Å². The monoisotopic (exact) mass is 208 g/mol. The molecule has 0 N–H and O–H groups in total. The van der Waals surface area contributed by atoms with Crippen LogP contribution in [0.1, 0.15) is 29.6 Å². The van der Waals surface area contributed by atoms with Gasteiger partial charge in [0.25, 0.3) is 0 Å². The van der Waals surface area contributed by atoms with Crippen molar-refractivity contribution in [2.45, 2.75) is 25.4 Å². The summed E-state index contributed by atoms with van der Waals surface area (Å²) in [6.45, 7) is 0.107. The van der Waals surface area contributed by atoms with Gasteiger partial charge in [0.05, 0.1) is 6.10 Å². The number of hydrogen-bond acceptors (Lipinski definition) is 2. The molecule has 2 nitrogen and oxygen atoms in total. The standard InChI is InChI=1S/C12H13FO2/c13-10-6-4-9(5-7-10)12(14)8-15-11-2-1-3-11/h4-7,11H,1-3,8H2. The highest BCUT2D eigenvalue weighted by molar-refractivity contribution is 5.97. The molecule has 3 heteroatoms. The summed E-state index contributed by atoms with van der Waals surface area (Å²) in [7, 11) is 0. The first-order valence-corrected chi connectivity index (χ1v) is 5.16. The first-order valence-electron chi connectivity index (χ1n) is 5.16. The second-order valence-electron chi connectivity index (χ2n) is 3.79. The quantitative estimate of drug-likeness (QED) is 0.711. The third-order valence-electron chi connectivity index (χ3n) is 2.67. The van der Waals surface area contributed by atoms with E-state index in [0.29, 0.717) is 5.56 Å². The van der Waals surface area contributed by atoms with Crippen LogP contribution in [-0.2, 0) is 4.74 Å². The maximum atomic E-state index is 12.6. The van der Waals surface area contributed by atoms with E-state index in [-0.39, 0.29) is 24.3 Å². The van der Waals surface area contributed by atoms with E-state index in [2.05, 4.69) is 0 Å². The van der Waals surface area contributed by atoms with Gasteiger partial charge >= 0.3 is 0 Å². The predicted octanol–water partition coefficient (Wildman–Crippen LogP) is 2.58. The Morgan fingerprint density at radius 1 is 1.33 bits per heavy atom. The lowest BCUT2D eigenvalue weighted by molar-refractivity contribution is 0.00731. The van der Waals surface area contributed by atoms with Crippen LogP contribution < -0.4 is 0 Å². The fourth-order valence-electron chi connectivity index (χ4n) is 1.45. The summed E-state index contributed by atoms with van der Waals surface area (Å²) in [6.07, 6.45) is 3.55. The number of carbonyl (C=O) groups excluding carboxylic acids is 1. The molecule has 1 aliphatic carbocycles. The maximum absolute atomic E-state index is 12.6. The van der Waals surface area contributed by atoms with E-state index in [1.165, 1.54) is 30.7 Å². The van der Waals surface area contributed by atoms with Crippen LogP contribution >= 0.6 is 0 Å². The molecule has 0 heterocycles. The second-order valence-corrected chi connectivity index (χ2v) is 3.79. The highest BCUT2D eigenvalue weighted by Crippen LogP contribution is 2.21. The van der Waals surface area contributed by atoms with Crippen LogP contribution in [-0.4, -0.2) is 18.5 Å². The Balaban J connectivity index is 1.86. The molecule has 1 fully saturated rings. The van der Waals surface area contributed by atoms with Crippen molar-refractivity contribution in [1.29, 1.82) is 0 Å². The van der Waals surface area contributed by atoms with Crippen molar-refractivity contribution in [1.82, 2.24) is 0 Å². The van der Waals surface area contributed by atoms with Gasteiger partial charge in [0.2, 0.25) is 0 Å². The minimum absolute atomic E-state index is 0.0816. The van der Waals surface area contributed by atoms with Gasteiger partial charge in [0.1, 0.15) is 12.4 Å². The SMILES string of the molecule is O=C(COC1CCC1)c1ccc(F)cc1. The fourth-order valence-corrected chi connectivity index (χ4v) is 1.45. The van der Waals surface area contributed by atoms with Gasteiger partial charge in [-0.25, -0.2) is 4.39 Å². The van der Waals surface area contributed by atoms with Crippen LogP contribution in [0.15, 0.2) is 24.3 Å². The van der Waals surface area contributed by atoms with Gasteiger partial charge < -0.3 is 4.74 Å². The Kier molecular flexibility index (Phi) is 3.11. The number of hydrogen-bond donors (Lipinski definition) is 0. The Morgan fingerprint density at radius 3 is 2.53 bits per heavy atom. The average Bonchev–Trinajstić information content (AvgIpc) is 2.16. The third-order valence-corrected chi connectivity index (χ3v) is 2.67. The van der Waals surface area contributed by atoms with Crippen LogP contribution in [0.3, 0.4) is 0 Å². The zero-order chi connectivity index (χ0) is 10.7. The van der Waals surface area contributed by atoms with E-state index >= 15 is 0 Å². The molecule has 0 spiro atoms. The summed E-state index contributed by atoms with van der Waals surface area (Å²) >= 11 is 0. The Hall–Kier alpha value is -1.22. The first-order chi connectivity index (χ1) is 7.25. The summed E-state index contributed by atoms with van der Waals surface area (Å²) in [5.74, 6) is -0.409. The van der Waals surface area contributed by atoms with Crippen molar-refractivity contribution in [2.24, 2.45) is 0 Å². The van der Waals surface area contributed by atoms with Crippen molar-refractivity contribution in [3.8, 4) is 0 Å². The lowest BCUT2D eigenvalue weighted by Crippen LogP contribution is -2.24. The Labute approximate surface area is 88.1 Å². The maximum Gasteiger partial charge on any atom is 0.188 e. The Morgan fingerprint density at radius 2 is 2.00 bits per heavy atom. The number of carbonyl (C=O) groups is 1. The number of ether oxygens (including phenoxy) is 1. The molecule has 1 aromatic rings. The highest BCUT2D eigenvalue weighted by Gasteiger charge is 2.19. The topological polar surface area (TPSA) is 26.3 Å². The van der Waals surface area contributed by atoms with Crippen LogP contribution in [0, 0.1) is 5.82 Å². The predicted molar refractivity (Wildman–Crippen MR) is 54.3 cm³/mol. The van der Waals surface area contributed by atoms with Crippen molar-refractivity contribution in [3.63, 3.8) is 0 Å². The van der Waals surface area contributed by atoms with Crippen molar-refractivity contribution >= 4 is 5.78 Å². The molecule has 0 aromatic heterocycles. The first kappa shape index (κ1) is 10.3. The molecule has 2 rings (SSSR count). The number of ketones is 1. The Bertz CT molecular complexity index is 341. The lowest BCUT2D eigenvalue weighted by atomic mass is 9.96. The van der Waals surface area contributed by atoms with Gasteiger partial charge in [0.15, 0.2) is 5.78 Å². The van der Waals surface area contributed by atoms with Gasteiger partial charge in [-0.1, -0.05) is 0 Å². The minimum atomic E-state index is -0.327. The summed E-state index contributed by atoms with van der Waals surface area (Å²) < 4.78 is 18.0. The molecule has 0 amide bonds. The smallest absolute Gasteiger partial charge is 0.188 e. The fraction of sp³-hybridized carbons (Fsp3) is 0.417. The summed E-state index contributed by atoms with van der Waals surface area (Å²) in [5, 5.41) is 0. The van der Waals surface area contributed by atoms with E-state index in [1.807, 2.05) is 0 Å². The molecule has 1 saturated carbocycles. The van der Waals surface area contributed by atoms with E-state index in [0.717, 1.165) is 12.8 Å². The van der Waals surface area contributed by atoms with Gasteiger partial charge in [-0.05, 0) is 43.5 Å². The van der Waals surface area contributed by atoms with Gasteiger partial charge in [-0.2, -0.15) is 0 Å². The number of Topliss-reactive ketones (excluding diaryl/α,β-unsaturated/α-hetero) is 1. The molecule has 1 aromatic carbocycles. The summed E-state index contributed by atoms with van der Waals surface area (Å²) in [4.78, 5) is 11.6. The number of rotatable bonds is 4. The zero-order valence-electron chi connectivity index (χ0n) is 8.41. The van der Waals surface area contributed by atoms with Crippen LogP contribution in [0.5, 0.6) is 0 Å². The molecule has 15 heavy (non-hydrogen) atoms. The van der Waals surface area contributed by atoms with E-state index in [9.17, 15) is 9.18 Å². The third kappa shape index (κ3) is 2.63. The van der Waals surface area contributed by atoms with E-state index < -0.39 is 0 Å². The molecule has 0 unspecified atom stereocenters. The molecule has 0 aliphatic heterocycles. The molecule has 0 bridgehead atoms. The number of benzene rings is 1. The molecule has 1 aliphatic rings. The van der Waals surface area contributed by atoms with Gasteiger partial charge in [-0.3, -0.25) is 4.79 Å². The summed E-state index contributed by atoms with van der Waals surface area (Å²) in [6, 6.07) is 5.55. The van der Waals surface area contributed by atoms with Gasteiger partial charge in [0, 0.05) is 5.56 Å². The van der Waals surface area contributed by atoms with Crippen LogP contribution in [0.4, 0.5) is 4.39 Å². The van der Waals surface area contributed by atoms with Crippen molar-refractivity contribution < 1.29 is 13.9 Å². The molecule has 0 atom stereocenters. The van der Waals surface area contributed by atoms with Crippen LogP contribution in [0.2, 0.25) is 0 Å². The number of halogens is 1. The molecule has 0 saturated heterocycles. The van der Waals surface area contributed by atoms with E-state index in [4.69, 9.17) is 4.74 Å². The minimum Gasteiger partial charge on any atom is -0.370 e. The van der Waals surface area contributed by atoms with E-state index in [1.54, 1.807) is 0 Å². The normalized spacial score (nSPS) is 16.1. The molecule has 80 valence electrons. The summed E-state index contributed by atoms with van der Waals surface area (Å²) in [5.41, 5.74) is 0.510. The lowest BCUT2D eigenvalue weighted by Gasteiger charge is -2.25. The second kappa shape index (κ2) is 4.53. The van der Waals surface area contributed by atoms with Crippen LogP contribution in [0.25, 0.3) is 0 Å². The zero-order valence-corrected chi connectivity index (χ0v) is 8.41. The van der Waals surface area contributed by atoms with Crippen molar-refractivity contribution in [3.05, 3.63) is 35.6 Å². The highest BCUT2D eigenvalue weighted by atomic mass is 19.1. The molecule has 0 radical (unpaired) electrons. The van der Waals surface area contributed by atoms with Crippen molar-refractivity contribution in [2.75, 3.05) is 6.61 Å².